The van der Waals surface area contributed by atoms with Crippen molar-refractivity contribution in [3.05, 3.63) is 34.1 Å². The normalized spacial score (nSPS) is 20.8. The Balaban J connectivity index is 2.10. The van der Waals surface area contributed by atoms with Crippen LogP contribution in [0.15, 0.2) is 22.7 Å². The summed E-state index contributed by atoms with van der Waals surface area (Å²) >= 11 is 3.30. The Morgan fingerprint density at radius 2 is 1.84 bits per heavy atom. The lowest BCUT2D eigenvalue weighted by molar-refractivity contribution is -0.0839. The van der Waals surface area contributed by atoms with Crippen LogP contribution >= 0.6 is 15.9 Å². The van der Waals surface area contributed by atoms with E-state index in [0.717, 1.165) is 30.2 Å². The van der Waals surface area contributed by atoms with Crippen molar-refractivity contribution in [2.45, 2.75) is 56.7 Å². The van der Waals surface area contributed by atoms with E-state index in [9.17, 15) is 14.6 Å². The van der Waals surface area contributed by atoms with E-state index in [0.29, 0.717) is 18.4 Å². The largest absolute Gasteiger partial charge is 0.390 e. The number of benzene rings is 1. The van der Waals surface area contributed by atoms with Crippen LogP contribution in [-0.2, 0) is 6.42 Å². The molecule has 0 radical (unpaired) electrons. The molecule has 1 fully saturated rings. The molecule has 2 rings (SSSR count). The van der Waals surface area contributed by atoms with Crippen LogP contribution in [0.1, 0.15) is 44.1 Å². The quantitative estimate of drug-likeness (QED) is 0.831. The van der Waals surface area contributed by atoms with Crippen LogP contribution in [0.3, 0.4) is 0 Å². The van der Waals surface area contributed by atoms with E-state index in [1.165, 1.54) is 6.07 Å². The van der Waals surface area contributed by atoms with Gasteiger partial charge in [-0.1, -0.05) is 41.6 Å². The molecule has 19 heavy (non-hydrogen) atoms. The zero-order chi connectivity index (χ0) is 13.9. The molecule has 1 aliphatic rings. The lowest BCUT2D eigenvalue weighted by Crippen LogP contribution is -2.43. The molecular formula is C15H20BrFO2. The average Bonchev–Trinajstić information content (AvgIpc) is 2.60. The molecule has 0 amide bonds. The number of hydrogen-bond donors (Lipinski definition) is 2. The zero-order valence-corrected chi connectivity index (χ0v) is 12.5. The molecule has 0 saturated heterocycles. The first-order chi connectivity index (χ1) is 9.01. The van der Waals surface area contributed by atoms with Gasteiger partial charge in [0.1, 0.15) is 5.82 Å². The van der Waals surface area contributed by atoms with Gasteiger partial charge in [0.2, 0.25) is 0 Å². The summed E-state index contributed by atoms with van der Waals surface area (Å²) in [5.74, 6) is -0.334. The summed E-state index contributed by atoms with van der Waals surface area (Å²) in [6.45, 7) is 0. The Morgan fingerprint density at radius 1 is 1.21 bits per heavy atom. The number of halogens is 2. The Bertz CT molecular complexity index is 428. The van der Waals surface area contributed by atoms with E-state index in [1.807, 2.05) is 0 Å². The van der Waals surface area contributed by atoms with E-state index in [1.54, 1.807) is 12.1 Å². The molecule has 106 valence electrons. The highest BCUT2D eigenvalue weighted by atomic mass is 79.9. The van der Waals surface area contributed by atoms with Crippen molar-refractivity contribution in [1.82, 2.24) is 0 Å². The molecule has 1 aliphatic carbocycles. The van der Waals surface area contributed by atoms with Gasteiger partial charge in [-0.3, -0.25) is 0 Å². The molecule has 1 unspecified atom stereocenters. The number of aliphatic hydroxyl groups is 2. The Labute approximate surface area is 121 Å². The first-order valence-corrected chi connectivity index (χ1v) is 7.65. The smallest absolute Gasteiger partial charge is 0.126 e. The van der Waals surface area contributed by atoms with Gasteiger partial charge in [-0.25, -0.2) is 4.39 Å². The molecule has 2 N–H and O–H groups in total. The zero-order valence-electron chi connectivity index (χ0n) is 10.9. The van der Waals surface area contributed by atoms with Crippen LogP contribution in [0.4, 0.5) is 4.39 Å². The molecule has 1 aromatic rings. The van der Waals surface area contributed by atoms with Gasteiger partial charge >= 0.3 is 0 Å². The molecule has 0 bridgehead atoms. The Hall–Kier alpha value is -0.450. The Morgan fingerprint density at radius 3 is 2.47 bits per heavy atom. The standard InChI is InChI=1S/C15H20BrFO2/c16-12-5-6-13(17)11(9-12)10-14(18)15(19)7-3-1-2-4-8-15/h5-6,9,14,18-19H,1-4,7-8,10H2. The van der Waals surface area contributed by atoms with Gasteiger partial charge in [-0.2, -0.15) is 0 Å². The lowest BCUT2D eigenvalue weighted by atomic mass is 9.85. The summed E-state index contributed by atoms with van der Waals surface area (Å²) in [4.78, 5) is 0. The molecule has 1 aromatic carbocycles. The minimum absolute atomic E-state index is 0.155. The fourth-order valence-electron chi connectivity index (χ4n) is 2.77. The maximum absolute atomic E-state index is 13.7. The third-order valence-electron chi connectivity index (χ3n) is 4.01. The maximum atomic E-state index is 13.7. The highest BCUT2D eigenvalue weighted by Gasteiger charge is 2.36. The van der Waals surface area contributed by atoms with Gasteiger partial charge in [-0.05, 0) is 36.6 Å². The van der Waals surface area contributed by atoms with Crippen LogP contribution in [0.5, 0.6) is 0 Å². The van der Waals surface area contributed by atoms with Gasteiger partial charge in [0.25, 0.3) is 0 Å². The van der Waals surface area contributed by atoms with Crippen molar-refractivity contribution in [2.75, 3.05) is 0 Å². The predicted molar refractivity (Wildman–Crippen MR) is 76.5 cm³/mol. The molecular weight excluding hydrogens is 311 g/mol. The second kappa shape index (κ2) is 6.33. The first-order valence-electron chi connectivity index (χ1n) is 6.86. The topological polar surface area (TPSA) is 40.5 Å². The van der Waals surface area contributed by atoms with Crippen LogP contribution in [0.2, 0.25) is 0 Å². The van der Waals surface area contributed by atoms with Crippen molar-refractivity contribution in [3.63, 3.8) is 0 Å². The third-order valence-corrected chi connectivity index (χ3v) is 4.50. The van der Waals surface area contributed by atoms with Crippen LogP contribution in [0.25, 0.3) is 0 Å². The highest BCUT2D eigenvalue weighted by molar-refractivity contribution is 9.10. The van der Waals surface area contributed by atoms with Crippen molar-refractivity contribution >= 4 is 15.9 Å². The summed E-state index contributed by atoms with van der Waals surface area (Å²) in [7, 11) is 0. The fraction of sp³-hybridized carbons (Fsp3) is 0.600. The number of rotatable bonds is 3. The molecule has 0 aliphatic heterocycles. The molecule has 1 atom stereocenters. The summed E-state index contributed by atoms with van der Waals surface area (Å²) in [5, 5.41) is 20.9. The molecule has 0 spiro atoms. The molecule has 0 heterocycles. The highest BCUT2D eigenvalue weighted by Crippen LogP contribution is 2.32. The molecule has 0 aromatic heterocycles. The second-order valence-electron chi connectivity index (χ2n) is 5.47. The fourth-order valence-corrected chi connectivity index (χ4v) is 3.18. The lowest BCUT2D eigenvalue weighted by Gasteiger charge is -2.32. The van der Waals surface area contributed by atoms with Gasteiger partial charge in [0.05, 0.1) is 11.7 Å². The second-order valence-corrected chi connectivity index (χ2v) is 6.39. The summed E-state index contributed by atoms with van der Waals surface area (Å²) in [6, 6.07) is 4.67. The molecule has 1 saturated carbocycles. The van der Waals surface area contributed by atoms with E-state index in [-0.39, 0.29) is 12.2 Å². The Kier molecular flexibility index (Phi) is 4.98. The van der Waals surface area contributed by atoms with Gasteiger partial charge in [-0.15, -0.1) is 0 Å². The predicted octanol–water partition coefficient (Wildman–Crippen LogP) is 3.58. The van der Waals surface area contributed by atoms with E-state index < -0.39 is 11.7 Å². The van der Waals surface area contributed by atoms with Crippen molar-refractivity contribution < 1.29 is 14.6 Å². The minimum Gasteiger partial charge on any atom is -0.390 e. The van der Waals surface area contributed by atoms with E-state index in [2.05, 4.69) is 15.9 Å². The van der Waals surface area contributed by atoms with Crippen LogP contribution in [-0.4, -0.2) is 21.9 Å². The average molecular weight is 331 g/mol. The number of hydrogen-bond acceptors (Lipinski definition) is 2. The molecule has 2 nitrogen and oxygen atoms in total. The monoisotopic (exact) mass is 330 g/mol. The SMILES string of the molecule is OC(Cc1cc(Br)ccc1F)C1(O)CCCCCC1. The van der Waals surface area contributed by atoms with Crippen molar-refractivity contribution in [1.29, 1.82) is 0 Å². The van der Waals surface area contributed by atoms with E-state index >= 15 is 0 Å². The molecule has 4 heteroatoms. The van der Waals surface area contributed by atoms with Gasteiger partial charge < -0.3 is 10.2 Å². The van der Waals surface area contributed by atoms with Crippen molar-refractivity contribution in [3.8, 4) is 0 Å². The first kappa shape index (κ1) is 14.9. The summed E-state index contributed by atoms with van der Waals surface area (Å²) in [6.07, 6.45) is 4.49. The van der Waals surface area contributed by atoms with Crippen molar-refractivity contribution in [2.24, 2.45) is 0 Å². The maximum Gasteiger partial charge on any atom is 0.126 e. The minimum atomic E-state index is -1.06. The third kappa shape index (κ3) is 3.77. The summed E-state index contributed by atoms with van der Waals surface area (Å²) in [5.41, 5.74) is -0.620. The van der Waals surface area contributed by atoms with E-state index in [4.69, 9.17) is 0 Å². The van der Waals surface area contributed by atoms with Crippen LogP contribution < -0.4 is 0 Å². The van der Waals surface area contributed by atoms with Gasteiger partial charge in [0.15, 0.2) is 0 Å². The van der Waals surface area contributed by atoms with Gasteiger partial charge in [0, 0.05) is 10.9 Å². The summed E-state index contributed by atoms with van der Waals surface area (Å²) < 4.78 is 14.5. The number of aliphatic hydroxyl groups excluding tert-OH is 1. The van der Waals surface area contributed by atoms with Crippen LogP contribution in [0, 0.1) is 5.82 Å².